The first-order valence-electron chi connectivity index (χ1n) is 7.46. The smallest absolute Gasteiger partial charge is 0.208 e. The second-order valence-corrected chi connectivity index (χ2v) is 5.89. The van der Waals surface area contributed by atoms with Gasteiger partial charge in [0.2, 0.25) is 5.89 Å². The van der Waals surface area contributed by atoms with Crippen molar-refractivity contribution in [3.63, 3.8) is 0 Å². The Morgan fingerprint density at radius 1 is 1.32 bits per heavy atom. The van der Waals surface area contributed by atoms with Gasteiger partial charge in [-0.2, -0.15) is 0 Å². The summed E-state index contributed by atoms with van der Waals surface area (Å²) in [7, 11) is 0. The lowest BCUT2D eigenvalue weighted by Crippen LogP contribution is -2.33. The van der Waals surface area contributed by atoms with Gasteiger partial charge in [-0.25, -0.2) is 4.98 Å². The zero-order valence-corrected chi connectivity index (χ0v) is 12.7. The number of aryl methyl sites for hydroxylation is 2. The van der Waals surface area contributed by atoms with Crippen LogP contribution in [0, 0.1) is 13.8 Å². The molecule has 2 rings (SSSR count). The highest BCUT2D eigenvalue weighted by atomic mass is 16.4. The molecule has 1 N–H and O–H groups in total. The van der Waals surface area contributed by atoms with Gasteiger partial charge in [0.05, 0.1) is 12.2 Å². The number of hydrogen-bond acceptors (Lipinski definition) is 4. The molecule has 0 aromatic carbocycles. The minimum atomic E-state index is 0.594. The van der Waals surface area contributed by atoms with Crippen LogP contribution in [0.4, 0.5) is 0 Å². The predicted octanol–water partition coefficient (Wildman–Crippen LogP) is 2.64. The van der Waals surface area contributed by atoms with E-state index in [-0.39, 0.29) is 0 Å². The second kappa shape index (κ2) is 6.53. The van der Waals surface area contributed by atoms with E-state index >= 15 is 0 Å². The molecule has 1 fully saturated rings. The minimum absolute atomic E-state index is 0.594. The Kier molecular flexibility index (Phi) is 4.99. The zero-order chi connectivity index (χ0) is 13.8. The van der Waals surface area contributed by atoms with Gasteiger partial charge in [0.15, 0.2) is 0 Å². The lowest BCUT2D eigenvalue weighted by atomic mass is 10.1. The number of rotatable bonds is 4. The first-order chi connectivity index (χ1) is 9.06. The average molecular weight is 265 g/mol. The standard InChI is InChI=1S/C15H27N3O/c1-11(2)18-8-5-6-14(7-9-18)16-10-15-17-12(3)13(4)19-15/h11,14,16H,5-10H2,1-4H3. The molecule has 0 amide bonds. The molecule has 2 heterocycles. The van der Waals surface area contributed by atoms with Gasteiger partial charge in [-0.15, -0.1) is 0 Å². The molecule has 0 aliphatic carbocycles. The van der Waals surface area contributed by atoms with Crippen molar-refractivity contribution in [3.05, 3.63) is 17.3 Å². The van der Waals surface area contributed by atoms with Gasteiger partial charge in [-0.1, -0.05) is 0 Å². The largest absolute Gasteiger partial charge is 0.444 e. The fourth-order valence-electron chi connectivity index (χ4n) is 2.69. The third-order valence-corrected chi connectivity index (χ3v) is 4.11. The Bertz CT molecular complexity index is 381. The molecule has 108 valence electrons. The molecule has 0 spiro atoms. The number of oxazole rings is 1. The van der Waals surface area contributed by atoms with Gasteiger partial charge < -0.3 is 14.6 Å². The molecule has 1 saturated heterocycles. The Balaban J connectivity index is 1.80. The summed E-state index contributed by atoms with van der Waals surface area (Å²) in [5.74, 6) is 1.75. The number of nitrogens with zero attached hydrogens (tertiary/aromatic N) is 2. The fraction of sp³-hybridized carbons (Fsp3) is 0.800. The molecule has 4 nitrogen and oxygen atoms in total. The molecular weight excluding hydrogens is 238 g/mol. The summed E-state index contributed by atoms with van der Waals surface area (Å²) in [5, 5.41) is 3.59. The lowest BCUT2D eigenvalue weighted by molar-refractivity contribution is 0.228. The van der Waals surface area contributed by atoms with Crippen molar-refractivity contribution in [1.82, 2.24) is 15.2 Å². The van der Waals surface area contributed by atoms with Crippen LogP contribution in [0.5, 0.6) is 0 Å². The second-order valence-electron chi connectivity index (χ2n) is 5.89. The topological polar surface area (TPSA) is 41.3 Å². The maximum Gasteiger partial charge on any atom is 0.208 e. The van der Waals surface area contributed by atoms with Gasteiger partial charge in [0.25, 0.3) is 0 Å². The Labute approximate surface area is 116 Å². The minimum Gasteiger partial charge on any atom is -0.444 e. The molecule has 4 heteroatoms. The first kappa shape index (κ1) is 14.5. The van der Waals surface area contributed by atoms with Crippen molar-refractivity contribution in [2.24, 2.45) is 0 Å². The highest BCUT2D eigenvalue weighted by Crippen LogP contribution is 2.14. The summed E-state index contributed by atoms with van der Waals surface area (Å²) in [6.45, 7) is 11.7. The molecule has 1 aliphatic rings. The Hall–Kier alpha value is -0.870. The average Bonchev–Trinajstić information content (AvgIpc) is 2.57. The number of nitrogens with one attached hydrogen (secondary N) is 1. The predicted molar refractivity (Wildman–Crippen MR) is 77.2 cm³/mol. The van der Waals surface area contributed by atoms with Crippen molar-refractivity contribution in [3.8, 4) is 0 Å². The summed E-state index contributed by atoms with van der Waals surface area (Å²) < 4.78 is 5.61. The van der Waals surface area contributed by atoms with Crippen LogP contribution in [0.1, 0.15) is 50.5 Å². The molecule has 1 aromatic rings. The number of aromatic nitrogens is 1. The molecule has 0 radical (unpaired) electrons. The van der Waals surface area contributed by atoms with E-state index in [1.54, 1.807) is 0 Å². The third-order valence-electron chi connectivity index (χ3n) is 4.11. The van der Waals surface area contributed by atoms with Crippen molar-refractivity contribution >= 4 is 0 Å². The number of hydrogen-bond donors (Lipinski definition) is 1. The third kappa shape index (κ3) is 4.05. The van der Waals surface area contributed by atoms with E-state index in [0.29, 0.717) is 12.1 Å². The molecule has 1 aromatic heterocycles. The molecule has 1 unspecified atom stereocenters. The molecule has 19 heavy (non-hydrogen) atoms. The molecule has 1 aliphatic heterocycles. The van der Waals surface area contributed by atoms with Crippen LogP contribution in [-0.4, -0.2) is 35.1 Å². The van der Waals surface area contributed by atoms with E-state index in [1.807, 2.05) is 13.8 Å². The van der Waals surface area contributed by atoms with Crippen LogP contribution in [0.2, 0.25) is 0 Å². The van der Waals surface area contributed by atoms with Gasteiger partial charge in [0, 0.05) is 12.1 Å². The summed E-state index contributed by atoms with van der Waals surface area (Å²) in [5.41, 5.74) is 1.00. The highest BCUT2D eigenvalue weighted by Gasteiger charge is 2.18. The van der Waals surface area contributed by atoms with E-state index in [2.05, 4.69) is 29.0 Å². The van der Waals surface area contributed by atoms with Crippen molar-refractivity contribution in [2.45, 2.75) is 65.6 Å². The van der Waals surface area contributed by atoms with Crippen LogP contribution in [-0.2, 0) is 6.54 Å². The first-order valence-corrected chi connectivity index (χ1v) is 7.46. The van der Waals surface area contributed by atoms with E-state index in [0.717, 1.165) is 23.9 Å². The SMILES string of the molecule is Cc1nc(CNC2CCCN(C(C)C)CC2)oc1C. The summed E-state index contributed by atoms with van der Waals surface area (Å²) in [4.78, 5) is 6.99. The maximum absolute atomic E-state index is 5.61. The van der Waals surface area contributed by atoms with E-state index in [1.165, 1.54) is 32.4 Å². The number of likely N-dealkylation sites (tertiary alicyclic amines) is 1. The van der Waals surface area contributed by atoms with Crippen molar-refractivity contribution in [2.75, 3.05) is 13.1 Å². The lowest BCUT2D eigenvalue weighted by Gasteiger charge is -2.24. The highest BCUT2D eigenvalue weighted by molar-refractivity contribution is 5.05. The van der Waals surface area contributed by atoms with Crippen LogP contribution in [0.3, 0.4) is 0 Å². The van der Waals surface area contributed by atoms with E-state index in [4.69, 9.17) is 4.42 Å². The summed E-state index contributed by atoms with van der Waals surface area (Å²) in [6.07, 6.45) is 3.75. The van der Waals surface area contributed by atoms with Gasteiger partial charge in [-0.05, 0) is 60.0 Å². The fourth-order valence-corrected chi connectivity index (χ4v) is 2.69. The Morgan fingerprint density at radius 2 is 2.11 bits per heavy atom. The molecule has 0 bridgehead atoms. The molecule has 0 saturated carbocycles. The molecule has 1 atom stereocenters. The van der Waals surface area contributed by atoms with Gasteiger partial charge >= 0.3 is 0 Å². The van der Waals surface area contributed by atoms with Crippen molar-refractivity contribution < 1.29 is 4.42 Å². The monoisotopic (exact) mass is 265 g/mol. The summed E-state index contributed by atoms with van der Waals surface area (Å²) >= 11 is 0. The maximum atomic E-state index is 5.61. The van der Waals surface area contributed by atoms with Crippen LogP contribution < -0.4 is 5.32 Å². The van der Waals surface area contributed by atoms with Gasteiger partial charge in [-0.3, -0.25) is 0 Å². The van der Waals surface area contributed by atoms with Crippen molar-refractivity contribution in [1.29, 1.82) is 0 Å². The van der Waals surface area contributed by atoms with Gasteiger partial charge in [0.1, 0.15) is 5.76 Å². The Morgan fingerprint density at radius 3 is 2.74 bits per heavy atom. The normalized spacial score (nSPS) is 21.8. The van der Waals surface area contributed by atoms with Crippen LogP contribution in [0.15, 0.2) is 4.42 Å². The summed E-state index contributed by atoms with van der Waals surface area (Å²) in [6, 6.07) is 1.26. The quantitative estimate of drug-likeness (QED) is 0.908. The van der Waals surface area contributed by atoms with E-state index < -0.39 is 0 Å². The van der Waals surface area contributed by atoms with E-state index in [9.17, 15) is 0 Å². The van der Waals surface area contributed by atoms with Crippen LogP contribution in [0.25, 0.3) is 0 Å². The zero-order valence-electron chi connectivity index (χ0n) is 12.7. The molecular formula is C15H27N3O. The van der Waals surface area contributed by atoms with Crippen LogP contribution >= 0.6 is 0 Å².